The molecule has 0 spiro atoms. The van der Waals surface area contributed by atoms with Crippen molar-refractivity contribution in [3.63, 3.8) is 0 Å². The first-order chi connectivity index (χ1) is 16.1. The fourth-order valence-electron chi connectivity index (χ4n) is 4.23. The topological polar surface area (TPSA) is 66.5 Å². The molecule has 1 N–H and O–H groups in total. The molecule has 0 unspecified atom stereocenters. The first-order valence-electron chi connectivity index (χ1n) is 11.3. The lowest BCUT2D eigenvalue weighted by atomic mass is 9.87. The minimum atomic E-state index is -3.98. The number of nitrogens with zero attached hydrogens (tertiary/aromatic N) is 1. The van der Waals surface area contributed by atoms with E-state index in [1.54, 1.807) is 42.5 Å². The molecule has 5 nitrogen and oxygen atoms in total. The van der Waals surface area contributed by atoms with Gasteiger partial charge < -0.3 is 5.32 Å². The molecule has 0 fully saturated rings. The number of rotatable bonds is 6. The normalized spacial score (nSPS) is 15.8. The monoisotopic (exact) mass is 480 g/mol. The lowest BCUT2D eigenvalue weighted by Gasteiger charge is -2.27. The predicted octanol–water partition coefficient (Wildman–Crippen LogP) is 4.60. The van der Waals surface area contributed by atoms with Crippen LogP contribution in [-0.4, -0.2) is 26.9 Å². The van der Waals surface area contributed by atoms with Gasteiger partial charge in [-0.3, -0.25) is 9.10 Å². The van der Waals surface area contributed by atoms with Gasteiger partial charge in [0.2, 0.25) is 5.91 Å². The average Bonchev–Trinajstić information content (AvgIpc) is 3.20. The van der Waals surface area contributed by atoms with E-state index in [-0.39, 0.29) is 29.1 Å². The van der Waals surface area contributed by atoms with E-state index < -0.39 is 22.0 Å². The zero-order valence-electron chi connectivity index (χ0n) is 19.6. The fourth-order valence-corrected chi connectivity index (χ4v) is 5.88. The third kappa shape index (κ3) is 4.71. The van der Waals surface area contributed by atoms with Gasteiger partial charge >= 0.3 is 0 Å². The Labute approximate surface area is 200 Å². The van der Waals surface area contributed by atoms with Gasteiger partial charge in [-0.15, -0.1) is 0 Å². The summed E-state index contributed by atoms with van der Waals surface area (Å²) in [6.45, 7) is 6.40. The first kappa shape index (κ1) is 24.0. The van der Waals surface area contributed by atoms with E-state index in [9.17, 15) is 17.6 Å². The molecule has 34 heavy (non-hydrogen) atoms. The van der Waals surface area contributed by atoms with Crippen molar-refractivity contribution in [2.24, 2.45) is 0 Å². The summed E-state index contributed by atoms with van der Waals surface area (Å²) in [7, 11) is -3.98. The minimum Gasteiger partial charge on any atom is -0.354 e. The van der Waals surface area contributed by atoms with Crippen molar-refractivity contribution >= 4 is 21.6 Å². The van der Waals surface area contributed by atoms with Crippen molar-refractivity contribution in [2.75, 3.05) is 10.8 Å². The van der Waals surface area contributed by atoms with Crippen LogP contribution in [0.3, 0.4) is 0 Å². The van der Waals surface area contributed by atoms with E-state index in [0.29, 0.717) is 17.7 Å². The number of carbonyl (C=O) groups excluding carboxylic acids is 1. The zero-order valence-corrected chi connectivity index (χ0v) is 20.4. The molecule has 1 amide bonds. The van der Waals surface area contributed by atoms with Gasteiger partial charge in [0.15, 0.2) is 0 Å². The van der Waals surface area contributed by atoms with Crippen LogP contribution in [-0.2, 0) is 33.1 Å². The molecule has 0 bridgehead atoms. The van der Waals surface area contributed by atoms with Gasteiger partial charge in [0.1, 0.15) is 11.9 Å². The van der Waals surface area contributed by atoms with Gasteiger partial charge in [-0.05, 0) is 52.8 Å². The molecule has 0 aliphatic carbocycles. The number of nitrogens with one attached hydrogen (secondary N) is 1. The summed E-state index contributed by atoms with van der Waals surface area (Å²) in [5.41, 5.74) is 2.73. The number of para-hydroxylation sites is 1. The minimum absolute atomic E-state index is 0.108. The molecule has 0 saturated carbocycles. The van der Waals surface area contributed by atoms with Crippen molar-refractivity contribution < 1.29 is 17.6 Å². The maximum absolute atomic E-state index is 13.9. The highest BCUT2D eigenvalue weighted by molar-refractivity contribution is 7.93. The van der Waals surface area contributed by atoms with Crippen molar-refractivity contribution in [3.05, 3.63) is 95.3 Å². The summed E-state index contributed by atoms with van der Waals surface area (Å²) < 4.78 is 42.5. The van der Waals surface area contributed by atoms with Crippen LogP contribution in [0, 0.1) is 5.82 Å². The summed E-state index contributed by atoms with van der Waals surface area (Å²) in [6.07, 6.45) is 0.597. The summed E-state index contributed by atoms with van der Waals surface area (Å²) in [6, 6.07) is 19.5. The number of hydrogen-bond donors (Lipinski definition) is 1. The Morgan fingerprint density at radius 1 is 1.00 bits per heavy atom. The third-order valence-corrected chi connectivity index (χ3v) is 7.99. The molecule has 0 saturated heterocycles. The Hall–Kier alpha value is -3.19. The summed E-state index contributed by atoms with van der Waals surface area (Å²) in [5, 5.41) is 2.81. The van der Waals surface area contributed by atoms with E-state index >= 15 is 0 Å². The predicted molar refractivity (Wildman–Crippen MR) is 132 cm³/mol. The molecular weight excluding hydrogens is 451 g/mol. The first-order valence-corrected chi connectivity index (χ1v) is 12.8. The molecule has 1 heterocycles. The van der Waals surface area contributed by atoms with Gasteiger partial charge in [-0.25, -0.2) is 12.8 Å². The van der Waals surface area contributed by atoms with Crippen molar-refractivity contribution in [1.82, 2.24) is 5.32 Å². The lowest BCUT2D eigenvalue weighted by molar-refractivity contribution is -0.122. The highest BCUT2D eigenvalue weighted by Gasteiger charge is 2.42. The van der Waals surface area contributed by atoms with E-state index in [0.717, 1.165) is 11.1 Å². The van der Waals surface area contributed by atoms with Crippen LogP contribution < -0.4 is 9.62 Å². The number of anilines is 1. The Bertz CT molecular complexity index is 1300. The van der Waals surface area contributed by atoms with Gasteiger partial charge in [-0.1, -0.05) is 69.3 Å². The number of fused-ring (bicyclic) bond motifs is 1. The Morgan fingerprint density at radius 3 is 2.32 bits per heavy atom. The molecular formula is C27H29FN2O3S. The Balaban J connectivity index is 1.59. The molecule has 178 valence electrons. The summed E-state index contributed by atoms with van der Waals surface area (Å²) in [5.74, 6) is -0.727. The van der Waals surface area contributed by atoms with E-state index in [2.05, 4.69) is 26.1 Å². The van der Waals surface area contributed by atoms with Crippen LogP contribution in [0.5, 0.6) is 0 Å². The third-order valence-electron chi connectivity index (χ3n) is 6.16. The Kier molecular flexibility index (Phi) is 6.49. The van der Waals surface area contributed by atoms with Gasteiger partial charge in [0, 0.05) is 13.0 Å². The number of benzene rings is 3. The van der Waals surface area contributed by atoms with Crippen LogP contribution in [0.2, 0.25) is 0 Å². The molecule has 4 rings (SSSR count). The van der Waals surface area contributed by atoms with Crippen LogP contribution >= 0.6 is 0 Å². The smallest absolute Gasteiger partial charge is 0.265 e. The standard InChI is InChI=1S/C27H29FN2O3S/c1-27(2,3)21-12-14-22(15-13-21)34(32,33)30-24-11-7-5-9-20(24)18-25(30)26(31)29-17-16-19-8-4-6-10-23(19)28/h4-15,25H,16-18H2,1-3H3,(H,29,31)/t25-/m0/s1. The quantitative estimate of drug-likeness (QED) is 0.561. The van der Waals surface area contributed by atoms with Crippen molar-refractivity contribution in [3.8, 4) is 0 Å². The highest BCUT2D eigenvalue weighted by Crippen LogP contribution is 2.37. The van der Waals surface area contributed by atoms with Crippen molar-refractivity contribution in [1.29, 1.82) is 0 Å². The molecule has 1 aliphatic heterocycles. The van der Waals surface area contributed by atoms with E-state index in [1.165, 1.54) is 10.4 Å². The zero-order chi connectivity index (χ0) is 24.5. The number of halogens is 1. The Morgan fingerprint density at radius 2 is 1.65 bits per heavy atom. The summed E-state index contributed by atoms with van der Waals surface area (Å²) >= 11 is 0. The molecule has 1 aliphatic rings. The largest absolute Gasteiger partial charge is 0.354 e. The van der Waals surface area contributed by atoms with E-state index in [1.807, 2.05) is 24.3 Å². The number of carbonyl (C=O) groups is 1. The second-order valence-electron chi connectivity index (χ2n) is 9.56. The molecule has 0 radical (unpaired) electrons. The van der Waals surface area contributed by atoms with Gasteiger partial charge in [0.05, 0.1) is 10.6 Å². The molecule has 1 atom stereocenters. The van der Waals surface area contributed by atoms with Gasteiger partial charge in [-0.2, -0.15) is 0 Å². The SMILES string of the molecule is CC(C)(C)c1ccc(S(=O)(=O)N2c3ccccc3C[C@H]2C(=O)NCCc2ccccc2F)cc1. The van der Waals surface area contributed by atoms with Crippen LogP contribution in [0.4, 0.5) is 10.1 Å². The molecule has 0 aromatic heterocycles. The fraction of sp³-hybridized carbons (Fsp3) is 0.296. The number of hydrogen-bond acceptors (Lipinski definition) is 3. The second kappa shape index (κ2) is 9.22. The van der Waals surface area contributed by atoms with Crippen molar-refractivity contribution in [2.45, 2.75) is 50.0 Å². The van der Waals surface area contributed by atoms with Gasteiger partial charge in [0.25, 0.3) is 10.0 Å². The maximum atomic E-state index is 13.9. The second-order valence-corrected chi connectivity index (χ2v) is 11.4. The highest BCUT2D eigenvalue weighted by atomic mass is 32.2. The molecule has 7 heteroatoms. The summed E-state index contributed by atoms with van der Waals surface area (Å²) in [4.78, 5) is 13.3. The molecule has 3 aromatic rings. The average molecular weight is 481 g/mol. The van der Waals surface area contributed by atoms with Crippen LogP contribution in [0.25, 0.3) is 0 Å². The van der Waals surface area contributed by atoms with E-state index in [4.69, 9.17) is 0 Å². The van der Waals surface area contributed by atoms with Crippen LogP contribution in [0.1, 0.15) is 37.5 Å². The van der Waals surface area contributed by atoms with Crippen LogP contribution in [0.15, 0.2) is 77.7 Å². The lowest BCUT2D eigenvalue weighted by Crippen LogP contribution is -2.48. The maximum Gasteiger partial charge on any atom is 0.265 e. The molecule has 3 aromatic carbocycles. The number of sulfonamides is 1. The number of amides is 1.